The Balaban J connectivity index is 1.89. The minimum absolute atomic E-state index is 0.533. The van der Waals surface area contributed by atoms with Gasteiger partial charge in [-0.1, -0.05) is 60.7 Å². The maximum atomic E-state index is 2.37. The predicted molar refractivity (Wildman–Crippen MR) is 85.2 cm³/mol. The van der Waals surface area contributed by atoms with Crippen LogP contribution in [-0.2, 0) is 0 Å². The van der Waals surface area contributed by atoms with E-state index in [4.69, 9.17) is 0 Å². The molecule has 0 saturated heterocycles. The lowest BCUT2D eigenvalue weighted by Crippen LogP contribution is -2.13. The molecule has 0 unspecified atom stereocenters. The van der Waals surface area contributed by atoms with Gasteiger partial charge in [0.25, 0.3) is 0 Å². The summed E-state index contributed by atoms with van der Waals surface area (Å²) < 4.78 is 0. The average molecular weight is 254 g/mol. The number of fused-ring (bicyclic) bond motifs is 4. The van der Waals surface area contributed by atoms with Crippen molar-refractivity contribution in [1.29, 1.82) is 0 Å². The van der Waals surface area contributed by atoms with E-state index in [1.807, 2.05) is 0 Å². The molecule has 0 fully saturated rings. The second-order valence-electron chi connectivity index (χ2n) is 5.81. The molecule has 0 nitrogen and oxygen atoms in total. The third kappa shape index (κ3) is 1.21. The van der Waals surface area contributed by atoms with Gasteiger partial charge in [0.05, 0.1) is 0 Å². The Kier molecular flexibility index (Phi) is 1.88. The molecule has 0 atom stereocenters. The summed E-state index contributed by atoms with van der Waals surface area (Å²) in [6.45, 7) is 0. The molecular formula is C20H14. The zero-order valence-electron chi connectivity index (χ0n) is 11.1. The van der Waals surface area contributed by atoms with E-state index in [0.29, 0.717) is 11.8 Å². The summed E-state index contributed by atoms with van der Waals surface area (Å²) in [5, 5.41) is 2.68. The van der Waals surface area contributed by atoms with Crippen molar-refractivity contribution in [3.05, 3.63) is 84.0 Å². The van der Waals surface area contributed by atoms with E-state index in [1.54, 1.807) is 0 Å². The van der Waals surface area contributed by atoms with E-state index in [1.165, 1.54) is 33.0 Å². The molecule has 5 rings (SSSR count). The fourth-order valence-electron chi connectivity index (χ4n) is 3.88. The number of benzene rings is 2. The van der Waals surface area contributed by atoms with Crippen LogP contribution >= 0.6 is 0 Å². The number of rotatable bonds is 0. The Bertz CT molecular complexity index is 788. The SMILES string of the molecule is C1=CC2C=CC=C3c4cc5ccccc5cc4C(=C1)C32. The Labute approximate surface area is 118 Å². The zero-order valence-corrected chi connectivity index (χ0v) is 11.1. The first kappa shape index (κ1) is 10.4. The smallest absolute Gasteiger partial charge is 0.0199 e. The minimum Gasteiger partial charge on any atom is -0.0767 e. The molecule has 2 aromatic carbocycles. The quantitative estimate of drug-likeness (QED) is 0.621. The third-order valence-corrected chi connectivity index (χ3v) is 4.78. The normalized spacial score (nSPS) is 25.2. The third-order valence-electron chi connectivity index (χ3n) is 4.78. The maximum Gasteiger partial charge on any atom is 0.0199 e. The van der Waals surface area contributed by atoms with Gasteiger partial charge in [0.15, 0.2) is 0 Å². The fourth-order valence-corrected chi connectivity index (χ4v) is 3.88. The molecule has 0 bridgehead atoms. The van der Waals surface area contributed by atoms with Gasteiger partial charge in [-0.15, -0.1) is 0 Å². The van der Waals surface area contributed by atoms with Crippen LogP contribution in [0.15, 0.2) is 72.9 Å². The molecule has 94 valence electrons. The van der Waals surface area contributed by atoms with Crippen molar-refractivity contribution in [2.75, 3.05) is 0 Å². The minimum atomic E-state index is 0.533. The monoisotopic (exact) mass is 254 g/mol. The topological polar surface area (TPSA) is 0 Å². The molecule has 20 heavy (non-hydrogen) atoms. The standard InChI is InChI=1S/C20H14/c1-2-6-15-12-19-17-10-4-8-13-7-3-9-16(20(13)17)18(19)11-14(15)5-1/h1-13,20H. The molecule has 0 N–H and O–H groups in total. The molecule has 0 heterocycles. The predicted octanol–water partition coefficient (Wildman–Crippen LogP) is 4.99. The Morgan fingerprint density at radius 2 is 1.25 bits per heavy atom. The van der Waals surface area contributed by atoms with Crippen LogP contribution in [0.3, 0.4) is 0 Å². The molecule has 3 aliphatic rings. The van der Waals surface area contributed by atoms with Crippen molar-refractivity contribution < 1.29 is 0 Å². The van der Waals surface area contributed by atoms with Crippen LogP contribution in [0.2, 0.25) is 0 Å². The molecule has 0 spiro atoms. The summed E-state index contributed by atoms with van der Waals surface area (Å²) in [5.41, 5.74) is 5.85. The summed E-state index contributed by atoms with van der Waals surface area (Å²) >= 11 is 0. The number of hydrogen-bond acceptors (Lipinski definition) is 0. The van der Waals surface area contributed by atoms with Gasteiger partial charge >= 0.3 is 0 Å². The van der Waals surface area contributed by atoms with E-state index in [-0.39, 0.29) is 0 Å². The highest BCUT2D eigenvalue weighted by Gasteiger charge is 2.37. The lowest BCUT2D eigenvalue weighted by Gasteiger charge is -2.25. The van der Waals surface area contributed by atoms with Gasteiger partial charge in [0, 0.05) is 11.8 Å². The van der Waals surface area contributed by atoms with Crippen LogP contribution in [0.25, 0.3) is 21.9 Å². The van der Waals surface area contributed by atoms with Crippen LogP contribution in [0.4, 0.5) is 0 Å². The second kappa shape index (κ2) is 3.61. The molecule has 0 aliphatic heterocycles. The van der Waals surface area contributed by atoms with Gasteiger partial charge in [-0.05, 0) is 45.2 Å². The Morgan fingerprint density at radius 1 is 0.700 bits per heavy atom. The summed E-state index contributed by atoms with van der Waals surface area (Å²) in [4.78, 5) is 0. The van der Waals surface area contributed by atoms with Gasteiger partial charge in [-0.25, -0.2) is 0 Å². The first-order valence-electron chi connectivity index (χ1n) is 7.22. The number of hydrogen-bond donors (Lipinski definition) is 0. The maximum absolute atomic E-state index is 2.37. The fraction of sp³-hybridized carbons (Fsp3) is 0.100. The summed E-state index contributed by atoms with van der Waals surface area (Å²) in [6, 6.07) is 13.4. The summed E-state index contributed by atoms with van der Waals surface area (Å²) in [5.74, 6) is 1.07. The van der Waals surface area contributed by atoms with Crippen molar-refractivity contribution >= 4 is 21.9 Å². The van der Waals surface area contributed by atoms with Crippen LogP contribution in [0.5, 0.6) is 0 Å². The van der Waals surface area contributed by atoms with Crippen molar-refractivity contribution in [2.24, 2.45) is 11.8 Å². The lowest BCUT2D eigenvalue weighted by molar-refractivity contribution is 0.707. The molecule has 0 aromatic heterocycles. The largest absolute Gasteiger partial charge is 0.0767 e. The highest BCUT2D eigenvalue weighted by Crippen LogP contribution is 2.53. The molecule has 0 heteroatoms. The molecule has 0 radical (unpaired) electrons. The van der Waals surface area contributed by atoms with E-state index in [0.717, 1.165) is 0 Å². The number of allylic oxidation sites excluding steroid dienone is 8. The molecule has 2 aromatic rings. The Morgan fingerprint density at radius 3 is 1.80 bits per heavy atom. The van der Waals surface area contributed by atoms with Gasteiger partial charge in [-0.3, -0.25) is 0 Å². The van der Waals surface area contributed by atoms with Crippen LogP contribution in [0.1, 0.15) is 11.1 Å². The van der Waals surface area contributed by atoms with Gasteiger partial charge in [0.1, 0.15) is 0 Å². The van der Waals surface area contributed by atoms with E-state index >= 15 is 0 Å². The van der Waals surface area contributed by atoms with Gasteiger partial charge < -0.3 is 0 Å². The zero-order chi connectivity index (χ0) is 13.1. The average Bonchev–Trinajstić information content (AvgIpc) is 2.82. The van der Waals surface area contributed by atoms with E-state index in [2.05, 4.69) is 72.9 Å². The van der Waals surface area contributed by atoms with Crippen LogP contribution < -0.4 is 0 Å². The van der Waals surface area contributed by atoms with Crippen LogP contribution in [-0.4, -0.2) is 0 Å². The van der Waals surface area contributed by atoms with Crippen molar-refractivity contribution in [3.63, 3.8) is 0 Å². The van der Waals surface area contributed by atoms with Crippen molar-refractivity contribution in [2.45, 2.75) is 0 Å². The summed E-state index contributed by atoms with van der Waals surface area (Å²) in [6.07, 6.45) is 13.7. The van der Waals surface area contributed by atoms with Crippen molar-refractivity contribution in [3.8, 4) is 0 Å². The van der Waals surface area contributed by atoms with Crippen LogP contribution in [0, 0.1) is 11.8 Å². The lowest BCUT2D eigenvalue weighted by atomic mass is 9.78. The van der Waals surface area contributed by atoms with Gasteiger partial charge in [0.2, 0.25) is 0 Å². The molecular weight excluding hydrogens is 240 g/mol. The molecule has 3 aliphatic carbocycles. The van der Waals surface area contributed by atoms with E-state index in [9.17, 15) is 0 Å². The van der Waals surface area contributed by atoms with E-state index < -0.39 is 0 Å². The first-order valence-corrected chi connectivity index (χ1v) is 7.22. The highest BCUT2D eigenvalue weighted by molar-refractivity contribution is 6.02. The summed E-state index contributed by atoms with van der Waals surface area (Å²) in [7, 11) is 0. The molecule has 0 saturated carbocycles. The second-order valence-corrected chi connectivity index (χ2v) is 5.81. The molecule has 0 amide bonds. The first-order chi connectivity index (χ1) is 9.92. The van der Waals surface area contributed by atoms with Gasteiger partial charge in [-0.2, -0.15) is 0 Å². The Hall–Kier alpha value is -2.34. The highest BCUT2D eigenvalue weighted by atomic mass is 14.4. The van der Waals surface area contributed by atoms with Crippen molar-refractivity contribution in [1.82, 2.24) is 0 Å².